The molecule has 1 aromatic heterocycles. The van der Waals surface area contributed by atoms with Gasteiger partial charge in [0.25, 0.3) is 17.7 Å². The van der Waals surface area contributed by atoms with Gasteiger partial charge in [-0.2, -0.15) is 18.2 Å². The Hall–Kier alpha value is -5.78. The van der Waals surface area contributed by atoms with Gasteiger partial charge in [0.2, 0.25) is 0 Å². The molecule has 0 saturated heterocycles. The number of hydrogen-bond donors (Lipinski definition) is 1. The fourth-order valence-electron chi connectivity index (χ4n) is 5.07. The van der Waals surface area contributed by atoms with E-state index in [9.17, 15) is 27.6 Å². The smallest absolute Gasteiger partial charge is 0.416 e. The van der Waals surface area contributed by atoms with Gasteiger partial charge >= 0.3 is 12.1 Å². The van der Waals surface area contributed by atoms with E-state index in [4.69, 9.17) is 9.26 Å². The van der Waals surface area contributed by atoms with E-state index in [0.29, 0.717) is 46.1 Å². The van der Waals surface area contributed by atoms with Crippen molar-refractivity contribution in [2.24, 2.45) is 0 Å². The Morgan fingerprint density at radius 2 is 1.56 bits per heavy atom. The topological polar surface area (TPSA) is 115 Å². The molecular weight excluding hydrogens is 625 g/mol. The number of aryl methyl sites for hydroxylation is 1. The first kappa shape index (κ1) is 33.6. The summed E-state index contributed by atoms with van der Waals surface area (Å²) >= 11 is 0. The summed E-state index contributed by atoms with van der Waals surface area (Å²) in [6.07, 6.45) is -4.13. The zero-order chi connectivity index (χ0) is 34.6. The highest BCUT2D eigenvalue weighted by atomic mass is 19.4. The third-order valence-corrected chi connectivity index (χ3v) is 7.57. The van der Waals surface area contributed by atoms with Crippen LogP contribution in [0.4, 0.5) is 18.9 Å². The number of nitrogens with zero attached hydrogens (tertiary/aromatic N) is 3. The number of alkyl halides is 3. The lowest BCUT2D eigenvalue weighted by atomic mass is 9.93. The molecule has 0 spiro atoms. The second-order valence-electron chi connectivity index (χ2n) is 11.1. The zero-order valence-electron chi connectivity index (χ0n) is 26.5. The van der Waals surface area contributed by atoms with Crippen molar-refractivity contribution in [3.63, 3.8) is 0 Å². The number of halogens is 3. The van der Waals surface area contributed by atoms with Crippen LogP contribution in [0.15, 0.2) is 95.5 Å². The average Bonchev–Trinajstić information content (AvgIpc) is 3.51. The maximum absolute atomic E-state index is 13.6. The SMILES string of the molecule is CCC(C(=O)Oc1ccc(-c2nc(C)no2)cc1)c1ccc(NC(=O)c2ccccc2-c2ccc(C(F)(F)F)cc2)c(C(=O)N(C)C)c1. The molecule has 246 valence electrons. The standard InChI is InChI=1S/C36H31F3N4O5/c1-5-27(35(46)47-26-17-12-23(13-18-26)33-40-21(2)42-48-33)24-14-19-31(30(20-24)34(45)43(3)4)41-32(44)29-9-7-6-8-28(29)22-10-15-25(16-11-22)36(37,38)39/h6-20,27H,5H2,1-4H3,(H,41,44). The van der Waals surface area contributed by atoms with Crippen molar-refractivity contribution in [2.75, 3.05) is 19.4 Å². The first-order chi connectivity index (χ1) is 22.8. The number of nitrogens with one attached hydrogen (secondary N) is 1. The van der Waals surface area contributed by atoms with E-state index in [0.717, 1.165) is 12.1 Å². The van der Waals surface area contributed by atoms with Crippen LogP contribution < -0.4 is 10.1 Å². The number of amides is 2. The first-order valence-corrected chi connectivity index (χ1v) is 14.9. The minimum Gasteiger partial charge on any atom is -0.426 e. The lowest BCUT2D eigenvalue weighted by molar-refractivity contribution is -0.138. The Balaban J connectivity index is 1.39. The molecule has 0 saturated carbocycles. The summed E-state index contributed by atoms with van der Waals surface area (Å²) in [7, 11) is 3.12. The van der Waals surface area contributed by atoms with Crippen LogP contribution in [0.2, 0.25) is 0 Å². The van der Waals surface area contributed by atoms with Crippen molar-refractivity contribution in [1.82, 2.24) is 15.0 Å². The zero-order valence-corrected chi connectivity index (χ0v) is 26.5. The van der Waals surface area contributed by atoms with Gasteiger partial charge in [0.1, 0.15) is 5.75 Å². The number of aromatic nitrogens is 2. The van der Waals surface area contributed by atoms with Crippen LogP contribution in [0.3, 0.4) is 0 Å². The number of carbonyl (C=O) groups excluding carboxylic acids is 3. The van der Waals surface area contributed by atoms with E-state index in [-0.39, 0.29) is 16.8 Å². The van der Waals surface area contributed by atoms with E-state index in [1.54, 1.807) is 87.7 Å². The third kappa shape index (κ3) is 7.43. The quantitative estimate of drug-likeness (QED) is 0.127. The molecular formula is C36H31F3N4O5. The minimum atomic E-state index is -4.49. The molecule has 1 atom stereocenters. The van der Waals surface area contributed by atoms with Crippen molar-refractivity contribution in [1.29, 1.82) is 0 Å². The number of ether oxygens (including phenoxy) is 1. The predicted octanol–water partition coefficient (Wildman–Crippen LogP) is 7.78. The number of carbonyl (C=O) groups is 3. The summed E-state index contributed by atoms with van der Waals surface area (Å²) in [5, 5.41) is 6.55. The third-order valence-electron chi connectivity index (χ3n) is 7.57. The van der Waals surface area contributed by atoms with Gasteiger partial charge in [-0.15, -0.1) is 0 Å². The van der Waals surface area contributed by atoms with Gasteiger partial charge in [-0.25, -0.2) is 0 Å². The normalized spacial score (nSPS) is 11.9. The number of anilines is 1. The molecule has 9 nitrogen and oxygen atoms in total. The molecule has 1 unspecified atom stereocenters. The largest absolute Gasteiger partial charge is 0.426 e. The highest BCUT2D eigenvalue weighted by Gasteiger charge is 2.30. The molecule has 0 aliphatic carbocycles. The second-order valence-corrected chi connectivity index (χ2v) is 11.1. The van der Waals surface area contributed by atoms with Gasteiger partial charge in [0.05, 0.1) is 22.7 Å². The summed E-state index contributed by atoms with van der Waals surface area (Å²) in [5.74, 6) is -1.13. The monoisotopic (exact) mass is 656 g/mol. The molecule has 5 rings (SSSR count). The van der Waals surface area contributed by atoms with Gasteiger partial charge < -0.3 is 19.5 Å². The summed E-state index contributed by atoms with van der Waals surface area (Å²) in [6, 6.07) is 22.3. The molecule has 1 N–H and O–H groups in total. The molecule has 0 aliphatic rings. The maximum Gasteiger partial charge on any atom is 0.416 e. The summed E-state index contributed by atoms with van der Waals surface area (Å²) in [5.41, 5.74) is 1.72. The second kappa shape index (κ2) is 13.9. The van der Waals surface area contributed by atoms with Crippen molar-refractivity contribution >= 4 is 23.5 Å². The lowest BCUT2D eigenvalue weighted by Gasteiger charge is -2.20. The fourth-order valence-corrected chi connectivity index (χ4v) is 5.07. The molecule has 1 heterocycles. The summed E-state index contributed by atoms with van der Waals surface area (Å²) in [4.78, 5) is 45.7. The van der Waals surface area contributed by atoms with Gasteiger partial charge in [-0.1, -0.05) is 48.5 Å². The van der Waals surface area contributed by atoms with E-state index in [1.807, 2.05) is 6.92 Å². The highest BCUT2D eigenvalue weighted by molar-refractivity contribution is 6.12. The summed E-state index contributed by atoms with van der Waals surface area (Å²) in [6.45, 7) is 3.52. The van der Waals surface area contributed by atoms with E-state index < -0.39 is 35.4 Å². The lowest BCUT2D eigenvalue weighted by Crippen LogP contribution is -2.25. The van der Waals surface area contributed by atoms with Crippen LogP contribution in [-0.4, -0.2) is 46.9 Å². The fraction of sp³-hybridized carbons (Fsp3) is 0.194. The van der Waals surface area contributed by atoms with Crippen LogP contribution >= 0.6 is 0 Å². The minimum absolute atomic E-state index is 0.142. The molecule has 4 aromatic carbocycles. The van der Waals surface area contributed by atoms with Crippen molar-refractivity contribution in [2.45, 2.75) is 32.4 Å². The van der Waals surface area contributed by atoms with Crippen molar-refractivity contribution < 1.29 is 36.8 Å². The van der Waals surface area contributed by atoms with E-state index in [2.05, 4.69) is 15.5 Å². The number of benzene rings is 4. The Morgan fingerprint density at radius 3 is 2.17 bits per heavy atom. The molecule has 0 fully saturated rings. The van der Waals surface area contributed by atoms with Crippen LogP contribution in [0.1, 0.15) is 56.9 Å². The molecule has 48 heavy (non-hydrogen) atoms. The van der Waals surface area contributed by atoms with Gasteiger partial charge in [0.15, 0.2) is 5.82 Å². The Kier molecular flexibility index (Phi) is 9.74. The number of rotatable bonds is 9. The number of esters is 1. The van der Waals surface area contributed by atoms with Crippen molar-refractivity contribution in [3.8, 4) is 28.3 Å². The molecule has 0 radical (unpaired) electrons. The Morgan fingerprint density at radius 1 is 0.896 bits per heavy atom. The summed E-state index contributed by atoms with van der Waals surface area (Å²) < 4.78 is 50.2. The van der Waals surface area contributed by atoms with Gasteiger partial charge in [-0.3, -0.25) is 14.4 Å². The van der Waals surface area contributed by atoms with Crippen LogP contribution in [-0.2, 0) is 11.0 Å². The molecule has 2 amide bonds. The van der Waals surface area contributed by atoms with Crippen LogP contribution in [0.5, 0.6) is 5.75 Å². The van der Waals surface area contributed by atoms with Crippen LogP contribution in [0, 0.1) is 6.92 Å². The van der Waals surface area contributed by atoms with Gasteiger partial charge in [-0.05, 0) is 84.6 Å². The van der Waals surface area contributed by atoms with E-state index in [1.165, 1.54) is 17.0 Å². The average molecular weight is 657 g/mol. The Bertz CT molecular complexity index is 1950. The maximum atomic E-state index is 13.6. The Labute approximate surface area is 274 Å². The molecule has 0 aliphatic heterocycles. The molecule has 0 bridgehead atoms. The van der Waals surface area contributed by atoms with Crippen molar-refractivity contribution in [3.05, 3.63) is 119 Å². The van der Waals surface area contributed by atoms with Crippen LogP contribution in [0.25, 0.3) is 22.6 Å². The predicted molar refractivity (Wildman–Crippen MR) is 172 cm³/mol. The molecule has 12 heteroatoms. The number of hydrogen-bond acceptors (Lipinski definition) is 7. The highest BCUT2D eigenvalue weighted by Crippen LogP contribution is 2.33. The first-order valence-electron chi connectivity index (χ1n) is 14.9. The molecule has 5 aromatic rings. The van der Waals surface area contributed by atoms with Gasteiger partial charge in [0, 0.05) is 25.2 Å². The van der Waals surface area contributed by atoms with E-state index >= 15 is 0 Å².